The van der Waals surface area contributed by atoms with E-state index in [-0.39, 0.29) is 44.7 Å². The molecule has 20 nitrogen and oxygen atoms in total. The number of benzene rings is 2. The Morgan fingerprint density at radius 1 is 0.841 bits per heavy atom. The summed E-state index contributed by atoms with van der Waals surface area (Å²) in [5.41, 5.74) is 11.0. The Hall–Kier alpha value is -7.06. The summed E-state index contributed by atoms with van der Waals surface area (Å²) >= 11 is 0. The molecular formula is C49H65N11O9. The van der Waals surface area contributed by atoms with Crippen LogP contribution in [0.5, 0.6) is 5.75 Å². The van der Waals surface area contributed by atoms with E-state index in [1.54, 1.807) is 50.1 Å². The highest BCUT2D eigenvalue weighted by molar-refractivity contribution is 6.12. The van der Waals surface area contributed by atoms with Crippen LogP contribution in [0.3, 0.4) is 0 Å². The number of imide groups is 1. The summed E-state index contributed by atoms with van der Waals surface area (Å²) in [6.45, 7) is 11.9. The highest BCUT2D eigenvalue weighted by Crippen LogP contribution is 2.28. The highest BCUT2D eigenvalue weighted by Gasteiger charge is 2.28. The first-order valence-electron chi connectivity index (χ1n) is 23.5. The number of rotatable bonds is 24. The van der Waals surface area contributed by atoms with Crippen LogP contribution >= 0.6 is 0 Å². The summed E-state index contributed by atoms with van der Waals surface area (Å²) in [7, 11) is 1.68. The second kappa shape index (κ2) is 24.8. The standard InChI is InChI=1S/C49H65N11O9/c1-6-7-8-19-51-45-44-38(54-48(50)56-45)17-20-59(44)30-36-12-9-35(28-39(36)67-5)29-57-21-23-58(24-22-57)49(66)69-31-34-10-13-37(14-11-34)53-46(64)33(4)52-47(65)43(32(2)3)55-40(61)18-26-68-27-25-60-41(62)15-16-42(60)63/h9-17,20,28,32-33,43H,6-8,18-19,21-27,29-31H2,1-5H3,(H,52,65)(H,53,64)(H,55,61)(H3,50,51,54,56). The molecule has 6 amide bonds. The number of nitrogen functional groups attached to an aromatic ring is 1. The number of nitrogens with one attached hydrogen (secondary N) is 4. The molecule has 20 heteroatoms. The average Bonchev–Trinajstić information content (AvgIpc) is 3.89. The Labute approximate surface area is 402 Å². The summed E-state index contributed by atoms with van der Waals surface area (Å²) < 4.78 is 19.0. The van der Waals surface area contributed by atoms with Crippen LogP contribution in [-0.4, -0.2) is 137 Å². The molecule has 69 heavy (non-hydrogen) atoms. The van der Waals surface area contributed by atoms with Crippen molar-refractivity contribution < 1.29 is 43.0 Å². The lowest BCUT2D eigenvalue weighted by atomic mass is 10.0. The number of hydrogen-bond acceptors (Lipinski definition) is 14. The number of nitrogens with two attached hydrogens (primary N) is 1. The molecule has 2 atom stereocenters. The van der Waals surface area contributed by atoms with Gasteiger partial charge in [0.2, 0.25) is 23.7 Å². The molecule has 2 aromatic heterocycles. The van der Waals surface area contributed by atoms with Gasteiger partial charge < -0.3 is 50.7 Å². The van der Waals surface area contributed by atoms with Crippen molar-refractivity contribution in [1.82, 2.24) is 39.9 Å². The van der Waals surface area contributed by atoms with E-state index in [1.807, 2.05) is 12.3 Å². The molecular weight excluding hydrogens is 887 g/mol. The minimum atomic E-state index is -0.926. The van der Waals surface area contributed by atoms with E-state index in [0.717, 1.165) is 70.0 Å². The molecule has 6 rings (SSSR count). The second-order valence-corrected chi connectivity index (χ2v) is 17.4. The van der Waals surface area contributed by atoms with Crippen molar-refractivity contribution in [2.24, 2.45) is 5.92 Å². The van der Waals surface area contributed by atoms with Gasteiger partial charge in [-0.25, -0.2) is 9.78 Å². The molecule has 0 bridgehead atoms. The smallest absolute Gasteiger partial charge is 0.410 e. The van der Waals surface area contributed by atoms with E-state index in [4.69, 9.17) is 19.9 Å². The van der Waals surface area contributed by atoms with E-state index in [9.17, 15) is 28.8 Å². The van der Waals surface area contributed by atoms with E-state index in [2.05, 4.69) is 65.8 Å². The predicted molar refractivity (Wildman–Crippen MR) is 260 cm³/mol. The Kier molecular flexibility index (Phi) is 18.5. The van der Waals surface area contributed by atoms with Gasteiger partial charge in [-0.1, -0.05) is 57.9 Å². The van der Waals surface area contributed by atoms with Crippen LogP contribution in [-0.2, 0) is 53.1 Å². The number of hydrogen-bond donors (Lipinski definition) is 5. The summed E-state index contributed by atoms with van der Waals surface area (Å²) in [5, 5.41) is 11.6. The molecule has 1 fully saturated rings. The van der Waals surface area contributed by atoms with E-state index >= 15 is 0 Å². The molecule has 0 aliphatic carbocycles. The van der Waals surface area contributed by atoms with Gasteiger partial charge in [0.1, 0.15) is 30.0 Å². The SMILES string of the molecule is CCCCCNc1nc(N)nc2ccn(Cc3ccc(CN4CCN(C(=O)OCc5ccc(NC(=O)C(C)NC(=O)C(NC(=O)CCOCCN6C(=O)C=CC6=O)C(C)C)cc5)CC4)cc3OC)c12. The number of ether oxygens (including phenoxy) is 3. The number of unbranched alkanes of at least 4 members (excludes halogenated alkanes) is 2. The van der Waals surface area contributed by atoms with E-state index in [0.29, 0.717) is 45.0 Å². The fraction of sp³-hybridized carbons (Fsp3) is 0.469. The molecule has 2 unspecified atom stereocenters. The Bertz CT molecular complexity index is 2450. The molecule has 2 aliphatic heterocycles. The summed E-state index contributed by atoms with van der Waals surface area (Å²) in [6, 6.07) is 13.2. The van der Waals surface area contributed by atoms with Gasteiger partial charge in [-0.05, 0) is 54.7 Å². The number of anilines is 3. The first-order valence-corrected chi connectivity index (χ1v) is 23.5. The van der Waals surface area contributed by atoms with Crippen LogP contribution in [0.1, 0.15) is 70.1 Å². The topological polar surface area (TPSA) is 245 Å². The van der Waals surface area contributed by atoms with Gasteiger partial charge in [-0.2, -0.15) is 4.98 Å². The zero-order valence-corrected chi connectivity index (χ0v) is 40.1. The monoisotopic (exact) mass is 951 g/mol. The number of carbonyl (C=O) groups excluding carboxylic acids is 6. The fourth-order valence-electron chi connectivity index (χ4n) is 7.90. The van der Waals surface area contributed by atoms with Crippen LogP contribution in [0.4, 0.5) is 22.2 Å². The van der Waals surface area contributed by atoms with Crippen molar-refractivity contribution in [3.8, 4) is 5.75 Å². The maximum atomic E-state index is 13.1. The number of fused-ring (bicyclic) bond motifs is 1. The van der Waals surface area contributed by atoms with E-state index < -0.39 is 47.7 Å². The number of amides is 6. The van der Waals surface area contributed by atoms with Crippen molar-refractivity contribution in [3.63, 3.8) is 0 Å². The van der Waals surface area contributed by atoms with Gasteiger partial charge in [-0.15, -0.1) is 0 Å². The van der Waals surface area contributed by atoms with Gasteiger partial charge in [-0.3, -0.25) is 33.8 Å². The van der Waals surface area contributed by atoms with Gasteiger partial charge in [0, 0.05) is 75.3 Å². The largest absolute Gasteiger partial charge is 0.496 e. The third kappa shape index (κ3) is 14.5. The minimum absolute atomic E-state index is 0.0246. The molecule has 4 aromatic rings. The number of nitrogens with zero attached hydrogens (tertiary/aromatic N) is 6. The lowest BCUT2D eigenvalue weighted by Gasteiger charge is -2.34. The van der Waals surface area contributed by atoms with Crippen molar-refractivity contribution in [3.05, 3.63) is 83.6 Å². The van der Waals surface area contributed by atoms with Gasteiger partial charge >= 0.3 is 6.09 Å². The highest BCUT2D eigenvalue weighted by atomic mass is 16.6. The second-order valence-electron chi connectivity index (χ2n) is 17.4. The molecule has 0 saturated carbocycles. The van der Waals surface area contributed by atoms with Gasteiger partial charge in [0.25, 0.3) is 11.8 Å². The van der Waals surface area contributed by atoms with Crippen LogP contribution in [0, 0.1) is 5.92 Å². The number of piperazine rings is 1. The van der Waals surface area contributed by atoms with Gasteiger partial charge in [0.05, 0.1) is 38.9 Å². The first-order chi connectivity index (χ1) is 33.2. The molecule has 6 N–H and O–H groups in total. The normalized spacial score (nSPS) is 14.8. The number of carbonyl (C=O) groups is 6. The molecule has 370 valence electrons. The third-order valence-electron chi connectivity index (χ3n) is 11.9. The Morgan fingerprint density at radius 3 is 2.26 bits per heavy atom. The predicted octanol–water partition coefficient (Wildman–Crippen LogP) is 4.04. The molecule has 4 heterocycles. The lowest BCUT2D eigenvalue weighted by Crippen LogP contribution is -2.53. The van der Waals surface area contributed by atoms with Crippen LogP contribution in [0.15, 0.2) is 66.9 Å². The van der Waals surface area contributed by atoms with Crippen molar-refractivity contribution in [1.29, 1.82) is 0 Å². The molecule has 0 radical (unpaired) electrons. The average molecular weight is 952 g/mol. The quantitative estimate of drug-likeness (QED) is 0.0492. The van der Waals surface area contributed by atoms with Crippen LogP contribution in [0.25, 0.3) is 11.0 Å². The molecule has 1 saturated heterocycles. The maximum absolute atomic E-state index is 13.1. The lowest BCUT2D eigenvalue weighted by molar-refractivity contribution is -0.138. The molecule has 2 aliphatic rings. The minimum Gasteiger partial charge on any atom is -0.496 e. The summed E-state index contributed by atoms with van der Waals surface area (Å²) in [6.07, 6.45) is 7.22. The number of methoxy groups -OCH3 is 1. The zero-order chi connectivity index (χ0) is 49.5. The summed E-state index contributed by atoms with van der Waals surface area (Å²) in [5.74, 6) is -0.777. The zero-order valence-electron chi connectivity index (χ0n) is 40.1. The van der Waals surface area contributed by atoms with Crippen molar-refractivity contribution in [2.45, 2.75) is 85.2 Å². The Balaban J connectivity index is 0.892. The van der Waals surface area contributed by atoms with Crippen LogP contribution in [0.2, 0.25) is 0 Å². The Morgan fingerprint density at radius 2 is 1.57 bits per heavy atom. The summed E-state index contributed by atoms with van der Waals surface area (Å²) in [4.78, 5) is 89.1. The van der Waals surface area contributed by atoms with Gasteiger partial charge in [0.15, 0.2) is 5.82 Å². The molecule has 0 spiro atoms. The first kappa shape index (κ1) is 51.3. The van der Waals surface area contributed by atoms with E-state index in [1.165, 1.54) is 19.1 Å². The van der Waals surface area contributed by atoms with Crippen LogP contribution < -0.4 is 31.7 Å². The van der Waals surface area contributed by atoms with Crippen molar-refractivity contribution in [2.75, 3.05) is 76.0 Å². The fourth-order valence-corrected chi connectivity index (χ4v) is 7.90. The third-order valence-corrected chi connectivity index (χ3v) is 11.9. The maximum Gasteiger partial charge on any atom is 0.410 e. The molecule has 2 aromatic carbocycles. The number of aromatic nitrogens is 3. The van der Waals surface area contributed by atoms with Crippen molar-refractivity contribution >= 4 is 64.1 Å².